The van der Waals surface area contributed by atoms with E-state index in [0.717, 1.165) is 52.0 Å². The molecule has 8 nitrogen and oxygen atoms in total. The van der Waals surface area contributed by atoms with Gasteiger partial charge in [0.05, 0.1) is 18.3 Å². The van der Waals surface area contributed by atoms with Crippen LogP contribution in [0.25, 0.3) is 27.5 Å². The van der Waals surface area contributed by atoms with Crippen molar-refractivity contribution in [1.29, 1.82) is 0 Å². The van der Waals surface area contributed by atoms with Gasteiger partial charge in [0.2, 0.25) is 5.91 Å². The molecule has 29 heavy (non-hydrogen) atoms. The molecule has 4 heterocycles. The van der Waals surface area contributed by atoms with Crippen molar-refractivity contribution in [1.82, 2.24) is 19.6 Å². The molecule has 1 saturated carbocycles. The van der Waals surface area contributed by atoms with Gasteiger partial charge in [0, 0.05) is 54.0 Å². The molecule has 0 saturated heterocycles. The average molecular weight is 388 g/mol. The lowest BCUT2D eigenvalue weighted by molar-refractivity contribution is -0.117. The number of carbonyl (C=O) groups is 1. The highest BCUT2D eigenvalue weighted by molar-refractivity contribution is 6.03. The second-order valence-corrected chi connectivity index (χ2v) is 7.11. The molecule has 0 aliphatic heterocycles. The van der Waals surface area contributed by atoms with Crippen molar-refractivity contribution in [2.24, 2.45) is 5.92 Å². The standard InChI is InChI=1S/C21H20N6O2/c1-22-20-17-11-23-19(25-21(28)12-3-4-12)9-15(17)16(10-24-20)18-8-13-7-14(29-2)5-6-27(13)26-18/h5-12H,3-4H2,1-2H3,(H,22,24)(H,23,25,28). The third-order valence-corrected chi connectivity index (χ3v) is 5.15. The number of fused-ring (bicyclic) bond motifs is 2. The first-order valence-corrected chi connectivity index (χ1v) is 9.47. The molecule has 1 aliphatic rings. The SMILES string of the molecule is CNc1ncc(-c2cc3cc(OC)ccn3n2)c2cc(NC(=O)C3CC3)ncc12. The fraction of sp³-hybridized carbons (Fsp3) is 0.238. The number of carbonyl (C=O) groups excluding carboxylic acids is 1. The van der Waals surface area contributed by atoms with Crippen LogP contribution < -0.4 is 15.4 Å². The Kier molecular flexibility index (Phi) is 4.04. The highest BCUT2D eigenvalue weighted by Gasteiger charge is 2.29. The fourth-order valence-corrected chi connectivity index (χ4v) is 3.41. The van der Waals surface area contributed by atoms with Gasteiger partial charge in [-0.05, 0) is 31.0 Å². The van der Waals surface area contributed by atoms with Crippen molar-refractivity contribution < 1.29 is 9.53 Å². The number of nitrogens with zero attached hydrogens (tertiary/aromatic N) is 4. The first-order valence-electron chi connectivity index (χ1n) is 9.47. The van der Waals surface area contributed by atoms with Crippen LogP contribution in [0.1, 0.15) is 12.8 Å². The second-order valence-electron chi connectivity index (χ2n) is 7.11. The van der Waals surface area contributed by atoms with Crippen LogP contribution in [0.4, 0.5) is 11.6 Å². The predicted molar refractivity (Wildman–Crippen MR) is 111 cm³/mol. The molecule has 0 spiro atoms. The van der Waals surface area contributed by atoms with E-state index in [0.29, 0.717) is 5.82 Å². The summed E-state index contributed by atoms with van der Waals surface area (Å²) >= 11 is 0. The smallest absolute Gasteiger partial charge is 0.228 e. The number of nitrogens with one attached hydrogen (secondary N) is 2. The van der Waals surface area contributed by atoms with Crippen LogP contribution in [-0.4, -0.2) is 39.6 Å². The largest absolute Gasteiger partial charge is 0.497 e. The molecule has 0 bridgehead atoms. The number of methoxy groups -OCH3 is 1. The quantitative estimate of drug-likeness (QED) is 0.545. The third-order valence-electron chi connectivity index (χ3n) is 5.15. The van der Waals surface area contributed by atoms with Crippen molar-refractivity contribution in [3.05, 3.63) is 42.9 Å². The van der Waals surface area contributed by atoms with Crippen LogP contribution in [0.15, 0.2) is 42.9 Å². The first-order chi connectivity index (χ1) is 14.2. The van der Waals surface area contributed by atoms with E-state index >= 15 is 0 Å². The molecule has 0 atom stereocenters. The highest BCUT2D eigenvalue weighted by atomic mass is 16.5. The Balaban J connectivity index is 1.64. The third kappa shape index (κ3) is 3.12. The molecule has 0 radical (unpaired) electrons. The molecule has 0 unspecified atom stereocenters. The van der Waals surface area contributed by atoms with Crippen LogP contribution in [0.5, 0.6) is 5.75 Å². The van der Waals surface area contributed by atoms with Crippen LogP contribution in [0.3, 0.4) is 0 Å². The van der Waals surface area contributed by atoms with Crippen molar-refractivity contribution in [2.45, 2.75) is 12.8 Å². The van der Waals surface area contributed by atoms with Crippen LogP contribution in [0, 0.1) is 5.92 Å². The summed E-state index contributed by atoms with van der Waals surface area (Å²) in [5, 5.41) is 12.5. The van der Waals surface area contributed by atoms with E-state index in [4.69, 9.17) is 4.74 Å². The van der Waals surface area contributed by atoms with Gasteiger partial charge < -0.3 is 15.4 Å². The van der Waals surface area contributed by atoms with E-state index in [1.165, 1.54) is 0 Å². The van der Waals surface area contributed by atoms with Gasteiger partial charge in [0.1, 0.15) is 17.4 Å². The predicted octanol–water partition coefficient (Wildman–Crippen LogP) is 3.34. The molecule has 0 aromatic carbocycles. The van der Waals surface area contributed by atoms with Crippen LogP contribution in [0.2, 0.25) is 0 Å². The van der Waals surface area contributed by atoms with E-state index in [1.807, 2.05) is 37.5 Å². The summed E-state index contributed by atoms with van der Waals surface area (Å²) in [5.74, 6) is 2.18. The fourth-order valence-electron chi connectivity index (χ4n) is 3.41. The molecule has 2 N–H and O–H groups in total. The Morgan fingerprint density at radius 1 is 1.17 bits per heavy atom. The molecule has 146 valence electrons. The lowest BCUT2D eigenvalue weighted by Gasteiger charge is -2.10. The maximum absolute atomic E-state index is 12.2. The Morgan fingerprint density at radius 2 is 2.03 bits per heavy atom. The van der Waals surface area contributed by atoms with Gasteiger partial charge in [-0.3, -0.25) is 4.79 Å². The molecule has 8 heteroatoms. The van der Waals surface area contributed by atoms with Gasteiger partial charge in [0.25, 0.3) is 0 Å². The molecule has 5 rings (SSSR count). The lowest BCUT2D eigenvalue weighted by atomic mass is 10.1. The normalized spacial score (nSPS) is 13.6. The number of pyridine rings is 3. The van der Waals surface area contributed by atoms with Gasteiger partial charge in [-0.1, -0.05) is 0 Å². The molecule has 4 aromatic heterocycles. The minimum Gasteiger partial charge on any atom is -0.497 e. The van der Waals surface area contributed by atoms with Gasteiger partial charge in [0.15, 0.2) is 0 Å². The molecule has 4 aromatic rings. The number of ether oxygens (including phenoxy) is 1. The Bertz CT molecular complexity index is 1240. The van der Waals surface area contributed by atoms with E-state index < -0.39 is 0 Å². The number of hydrogen-bond donors (Lipinski definition) is 2. The molecule has 1 aliphatic carbocycles. The van der Waals surface area contributed by atoms with Crippen molar-refractivity contribution in [3.8, 4) is 17.0 Å². The van der Waals surface area contributed by atoms with Gasteiger partial charge in [-0.2, -0.15) is 5.10 Å². The maximum atomic E-state index is 12.2. The van der Waals surface area contributed by atoms with Gasteiger partial charge in [-0.25, -0.2) is 14.5 Å². The topological polar surface area (TPSA) is 93.4 Å². The molecule has 1 fully saturated rings. The summed E-state index contributed by atoms with van der Waals surface area (Å²) in [6, 6.07) is 7.66. The second kappa shape index (κ2) is 6.73. The van der Waals surface area contributed by atoms with E-state index in [9.17, 15) is 4.79 Å². The zero-order chi connectivity index (χ0) is 20.0. The number of amides is 1. The Morgan fingerprint density at radius 3 is 2.79 bits per heavy atom. The molecule has 1 amide bonds. The highest BCUT2D eigenvalue weighted by Crippen LogP contribution is 2.34. The molecular formula is C21H20N6O2. The molecular weight excluding hydrogens is 368 g/mol. The van der Waals surface area contributed by atoms with Gasteiger partial charge in [-0.15, -0.1) is 0 Å². The zero-order valence-electron chi connectivity index (χ0n) is 16.1. The summed E-state index contributed by atoms with van der Waals surface area (Å²) in [6.07, 6.45) is 7.28. The monoisotopic (exact) mass is 388 g/mol. The van der Waals surface area contributed by atoms with Crippen molar-refractivity contribution in [3.63, 3.8) is 0 Å². The van der Waals surface area contributed by atoms with E-state index in [1.54, 1.807) is 24.0 Å². The maximum Gasteiger partial charge on any atom is 0.228 e. The van der Waals surface area contributed by atoms with Crippen molar-refractivity contribution >= 4 is 33.8 Å². The summed E-state index contributed by atoms with van der Waals surface area (Å²) in [7, 11) is 3.46. The van der Waals surface area contributed by atoms with Crippen LogP contribution >= 0.6 is 0 Å². The van der Waals surface area contributed by atoms with E-state index in [-0.39, 0.29) is 11.8 Å². The Labute approximate surface area is 166 Å². The van der Waals surface area contributed by atoms with Gasteiger partial charge >= 0.3 is 0 Å². The number of hydrogen-bond acceptors (Lipinski definition) is 6. The minimum atomic E-state index is 0.0288. The summed E-state index contributed by atoms with van der Waals surface area (Å²) in [5.41, 5.74) is 2.57. The number of aromatic nitrogens is 4. The zero-order valence-corrected chi connectivity index (χ0v) is 16.1. The summed E-state index contributed by atoms with van der Waals surface area (Å²) in [6.45, 7) is 0. The lowest BCUT2D eigenvalue weighted by Crippen LogP contribution is -2.14. The summed E-state index contributed by atoms with van der Waals surface area (Å²) in [4.78, 5) is 21.1. The number of anilines is 2. The average Bonchev–Trinajstić information content (AvgIpc) is 3.51. The van der Waals surface area contributed by atoms with Crippen molar-refractivity contribution in [2.75, 3.05) is 24.8 Å². The number of rotatable bonds is 5. The van der Waals surface area contributed by atoms with Crippen LogP contribution in [-0.2, 0) is 4.79 Å². The Hall–Kier alpha value is -3.68. The first kappa shape index (κ1) is 17.4. The minimum absolute atomic E-state index is 0.0288. The van der Waals surface area contributed by atoms with E-state index in [2.05, 4.69) is 25.7 Å². The summed E-state index contributed by atoms with van der Waals surface area (Å²) < 4.78 is 7.10.